The summed E-state index contributed by atoms with van der Waals surface area (Å²) in [5.74, 6) is -0.263. The number of hydrogen-bond donors (Lipinski definition) is 2. The van der Waals surface area contributed by atoms with E-state index >= 15 is 0 Å². The van der Waals surface area contributed by atoms with Gasteiger partial charge in [-0.2, -0.15) is 4.98 Å². The summed E-state index contributed by atoms with van der Waals surface area (Å²) < 4.78 is 41.4. The molecule has 1 unspecified atom stereocenters. The Morgan fingerprint density at radius 2 is 1.90 bits per heavy atom. The van der Waals surface area contributed by atoms with E-state index in [2.05, 4.69) is 25.6 Å². The molecule has 2 aromatic rings. The van der Waals surface area contributed by atoms with Gasteiger partial charge in [-0.25, -0.2) is 18.7 Å². The summed E-state index contributed by atoms with van der Waals surface area (Å²) in [5.41, 5.74) is 1.01. The monoisotopic (exact) mass is 418 g/mol. The van der Waals surface area contributed by atoms with E-state index < -0.39 is 11.7 Å². The molecule has 2 aromatic heterocycles. The first-order chi connectivity index (χ1) is 14.7. The van der Waals surface area contributed by atoms with Gasteiger partial charge in [0, 0.05) is 32.3 Å². The maximum Gasteiger partial charge on any atom is 0.224 e. The van der Waals surface area contributed by atoms with Gasteiger partial charge in [-0.15, -0.1) is 0 Å². The Bertz CT molecular complexity index is 993. The molecule has 2 fully saturated rings. The number of nitrogens with zero attached hydrogens (tertiary/aromatic N) is 4. The number of nitrogens with one attached hydrogen (secondary N) is 2. The van der Waals surface area contributed by atoms with Crippen LogP contribution in [0, 0.1) is 0 Å². The van der Waals surface area contributed by atoms with Crippen LogP contribution in [0.1, 0.15) is 38.1 Å². The molecule has 0 amide bonds. The number of halogens is 2. The van der Waals surface area contributed by atoms with Crippen LogP contribution in [0.4, 0.5) is 20.7 Å². The fraction of sp³-hybridized carbons (Fsp3) is 0.550. The van der Waals surface area contributed by atoms with Crippen LogP contribution >= 0.6 is 0 Å². The lowest BCUT2D eigenvalue weighted by molar-refractivity contribution is 0.0903. The van der Waals surface area contributed by atoms with Crippen molar-refractivity contribution in [3.8, 4) is 0 Å². The Labute approximate surface area is 172 Å². The summed E-state index contributed by atoms with van der Waals surface area (Å²) in [6.07, 6.45) is 6.09. The first-order valence-corrected chi connectivity index (χ1v) is 10.4. The van der Waals surface area contributed by atoms with Crippen LogP contribution in [0.3, 0.4) is 0 Å². The van der Waals surface area contributed by atoms with Gasteiger partial charge in [0.15, 0.2) is 5.65 Å². The van der Waals surface area contributed by atoms with Crippen LogP contribution in [0.2, 0.25) is 0 Å². The average Bonchev–Trinajstić information content (AvgIpc) is 3.39. The maximum atomic E-state index is 14.3. The molecule has 0 bridgehead atoms. The fourth-order valence-electron chi connectivity index (χ4n) is 4.07. The second-order valence-corrected chi connectivity index (χ2v) is 7.75. The number of imidazole rings is 1. The van der Waals surface area contributed by atoms with E-state index in [0.29, 0.717) is 55.9 Å². The lowest BCUT2D eigenvalue weighted by Gasteiger charge is -2.23. The summed E-state index contributed by atoms with van der Waals surface area (Å²) in [4.78, 5) is 13.6. The van der Waals surface area contributed by atoms with Crippen molar-refractivity contribution >= 4 is 23.1 Å². The van der Waals surface area contributed by atoms with Gasteiger partial charge in [0.05, 0.1) is 18.8 Å². The van der Waals surface area contributed by atoms with Crippen molar-refractivity contribution in [1.82, 2.24) is 19.5 Å². The molecular formula is C20H24F2N6O2. The van der Waals surface area contributed by atoms with Crippen LogP contribution in [-0.2, 0) is 9.47 Å². The highest BCUT2D eigenvalue weighted by Gasteiger charge is 2.27. The first-order valence-electron chi connectivity index (χ1n) is 10.4. The Kier molecular flexibility index (Phi) is 5.34. The molecule has 1 atom stereocenters. The fourth-order valence-corrected chi connectivity index (χ4v) is 4.07. The number of allylic oxidation sites excluding steroid dienone is 3. The zero-order valence-corrected chi connectivity index (χ0v) is 16.5. The smallest absolute Gasteiger partial charge is 0.224 e. The third-order valence-electron chi connectivity index (χ3n) is 5.69. The Balaban J connectivity index is 1.51. The van der Waals surface area contributed by atoms with Crippen molar-refractivity contribution in [2.45, 2.75) is 44.2 Å². The summed E-state index contributed by atoms with van der Waals surface area (Å²) in [6.45, 7) is 2.54. The Morgan fingerprint density at radius 3 is 2.67 bits per heavy atom. The molecule has 10 heteroatoms. The highest BCUT2D eigenvalue weighted by atomic mass is 19.1. The van der Waals surface area contributed by atoms with E-state index in [1.165, 1.54) is 6.08 Å². The zero-order valence-electron chi connectivity index (χ0n) is 16.5. The van der Waals surface area contributed by atoms with E-state index in [1.54, 1.807) is 6.20 Å². The quantitative estimate of drug-likeness (QED) is 0.767. The van der Waals surface area contributed by atoms with Crippen LogP contribution in [-0.4, -0.2) is 52.0 Å². The summed E-state index contributed by atoms with van der Waals surface area (Å²) in [6, 6.07) is 0.225. The lowest BCUT2D eigenvalue weighted by Crippen LogP contribution is -2.28. The molecule has 5 rings (SSSR count). The van der Waals surface area contributed by atoms with Crippen LogP contribution in [0.5, 0.6) is 0 Å². The maximum absolute atomic E-state index is 14.3. The number of aromatic nitrogens is 4. The molecule has 8 nitrogen and oxygen atoms in total. The molecule has 0 aromatic carbocycles. The molecule has 2 aliphatic heterocycles. The molecule has 0 spiro atoms. The van der Waals surface area contributed by atoms with Crippen molar-refractivity contribution in [2.24, 2.45) is 0 Å². The predicted molar refractivity (Wildman–Crippen MR) is 107 cm³/mol. The van der Waals surface area contributed by atoms with Gasteiger partial charge in [-0.05, 0) is 31.8 Å². The molecular weight excluding hydrogens is 394 g/mol. The predicted octanol–water partition coefficient (Wildman–Crippen LogP) is 3.62. The normalized spacial score (nSPS) is 23.1. The third-order valence-corrected chi connectivity index (χ3v) is 5.69. The molecule has 160 valence electrons. The molecule has 1 aliphatic carbocycles. The zero-order chi connectivity index (χ0) is 20.5. The molecule has 2 saturated heterocycles. The summed E-state index contributed by atoms with van der Waals surface area (Å²) in [5, 5.41) is 6.23. The Hall–Kier alpha value is -2.59. The highest BCUT2D eigenvalue weighted by Crippen LogP contribution is 2.33. The van der Waals surface area contributed by atoms with E-state index in [-0.39, 0.29) is 24.2 Å². The van der Waals surface area contributed by atoms with Gasteiger partial charge in [-0.1, -0.05) is 0 Å². The van der Waals surface area contributed by atoms with Crippen LogP contribution in [0.15, 0.2) is 29.6 Å². The highest BCUT2D eigenvalue weighted by molar-refractivity contribution is 5.76. The minimum Gasteiger partial charge on any atom is -0.381 e. The van der Waals surface area contributed by atoms with E-state index in [9.17, 15) is 8.78 Å². The minimum absolute atomic E-state index is 0.0253. The summed E-state index contributed by atoms with van der Waals surface area (Å²) >= 11 is 0. The average molecular weight is 418 g/mol. The van der Waals surface area contributed by atoms with Crippen LogP contribution < -0.4 is 10.6 Å². The van der Waals surface area contributed by atoms with E-state index in [1.807, 2.05) is 4.57 Å². The van der Waals surface area contributed by atoms with Crippen molar-refractivity contribution in [1.29, 1.82) is 0 Å². The molecule has 3 aliphatic rings. The van der Waals surface area contributed by atoms with E-state index in [4.69, 9.17) is 9.47 Å². The third kappa shape index (κ3) is 3.77. The summed E-state index contributed by atoms with van der Waals surface area (Å²) in [7, 11) is 0. The largest absolute Gasteiger partial charge is 0.381 e. The molecule has 30 heavy (non-hydrogen) atoms. The first kappa shape index (κ1) is 19.4. The van der Waals surface area contributed by atoms with Gasteiger partial charge in [0.25, 0.3) is 0 Å². The van der Waals surface area contributed by atoms with Gasteiger partial charge in [0.1, 0.15) is 22.9 Å². The molecule has 2 N–H and O–H groups in total. The second-order valence-electron chi connectivity index (χ2n) is 7.75. The van der Waals surface area contributed by atoms with Gasteiger partial charge < -0.3 is 20.1 Å². The minimum atomic E-state index is -0.604. The van der Waals surface area contributed by atoms with Gasteiger partial charge in [0.2, 0.25) is 11.9 Å². The van der Waals surface area contributed by atoms with Crippen LogP contribution in [0.25, 0.3) is 11.2 Å². The van der Waals surface area contributed by atoms with Gasteiger partial charge in [-0.3, -0.25) is 4.57 Å². The van der Waals surface area contributed by atoms with Gasteiger partial charge >= 0.3 is 0 Å². The topological polar surface area (TPSA) is 86.1 Å². The standard InChI is InChI=1S/C20H24F2N6O2/c21-14-2-1-3-15(22)17(14)26-20-25-16-10-23-19(24-12-4-7-29-8-5-12)27-18(16)28(20)13-6-9-30-11-13/h2,10,12-13H,1,3-9,11H2,(H,25,26)(H,23,24,27). The molecule has 4 heterocycles. The van der Waals surface area contributed by atoms with Crippen molar-refractivity contribution in [2.75, 3.05) is 37.1 Å². The van der Waals surface area contributed by atoms with Crippen molar-refractivity contribution in [3.63, 3.8) is 0 Å². The van der Waals surface area contributed by atoms with Crippen molar-refractivity contribution < 1.29 is 18.3 Å². The number of rotatable bonds is 5. The number of fused-ring (bicyclic) bond motifs is 1. The van der Waals surface area contributed by atoms with Crippen molar-refractivity contribution in [3.05, 3.63) is 29.6 Å². The molecule has 0 saturated carbocycles. The second kappa shape index (κ2) is 8.27. The number of hydrogen-bond acceptors (Lipinski definition) is 7. The lowest BCUT2D eigenvalue weighted by atomic mass is 10.1. The van der Waals surface area contributed by atoms with E-state index in [0.717, 1.165) is 19.3 Å². The SMILES string of the molecule is FC1=CCCC(F)=C1Nc1nc2cnc(NC3CCOCC3)nc2n1C1CCOC1. The number of ether oxygens (including phenoxy) is 2. The Morgan fingerprint density at radius 1 is 1.07 bits per heavy atom. The number of anilines is 2. The molecule has 0 radical (unpaired) electrons.